The van der Waals surface area contributed by atoms with Gasteiger partial charge in [-0.25, -0.2) is 9.38 Å². The van der Waals surface area contributed by atoms with Gasteiger partial charge in [-0.05, 0) is 38.5 Å². The minimum Gasteiger partial charge on any atom is -0.357 e. The van der Waals surface area contributed by atoms with Crippen LogP contribution in [0.2, 0.25) is 0 Å². The summed E-state index contributed by atoms with van der Waals surface area (Å²) in [6.07, 6.45) is 8.92. The zero-order chi connectivity index (χ0) is 20.5. The molecule has 2 N–H and O–H groups in total. The molecule has 0 amide bonds. The predicted molar refractivity (Wildman–Crippen MR) is 132 cm³/mol. The van der Waals surface area contributed by atoms with Crippen LogP contribution in [0, 0.1) is 5.82 Å². The first-order valence-corrected chi connectivity index (χ1v) is 11.7. The van der Waals surface area contributed by atoms with E-state index in [0.717, 1.165) is 36.9 Å². The van der Waals surface area contributed by atoms with Gasteiger partial charge >= 0.3 is 0 Å². The van der Waals surface area contributed by atoms with Crippen molar-refractivity contribution in [1.29, 1.82) is 0 Å². The van der Waals surface area contributed by atoms with E-state index >= 15 is 0 Å². The number of nitrogens with one attached hydrogen (secondary N) is 2. The molecular formula is C21H32FIN6S. The van der Waals surface area contributed by atoms with Gasteiger partial charge in [0.1, 0.15) is 11.6 Å². The zero-order valence-corrected chi connectivity index (χ0v) is 20.9. The largest absolute Gasteiger partial charge is 0.357 e. The van der Waals surface area contributed by atoms with Crippen LogP contribution >= 0.6 is 35.7 Å². The number of aryl methyl sites for hydroxylation is 1. The number of nitrogens with zero attached hydrogens (tertiary/aromatic N) is 4. The third kappa shape index (κ3) is 6.83. The molecule has 1 heterocycles. The van der Waals surface area contributed by atoms with Gasteiger partial charge in [0.2, 0.25) is 0 Å². The second kappa shape index (κ2) is 13.1. The molecule has 1 aromatic carbocycles. The molecule has 166 valence electrons. The summed E-state index contributed by atoms with van der Waals surface area (Å²) in [4.78, 5) is 4.50. The molecule has 30 heavy (non-hydrogen) atoms. The molecule has 1 saturated carbocycles. The van der Waals surface area contributed by atoms with Gasteiger partial charge in [0, 0.05) is 31.1 Å². The Kier molecular flexibility index (Phi) is 10.9. The molecule has 6 nitrogen and oxygen atoms in total. The van der Waals surface area contributed by atoms with Gasteiger partial charge in [0.25, 0.3) is 0 Å². The number of benzene rings is 1. The van der Waals surface area contributed by atoms with Gasteiger partial charge in [0.15, 0.2) is 11.1 Å². The lowest BCUT2D eigenvalue weighted by molar-refractivity contribution is 0.460. The van der Waals surface area contributed by atoms with Crippen LogP contribution in [0.3, 0.4) is 0 Å². The van der Waals surface area contributed by atoms with E-state index in [4.69, 9.17) is 0 Å². The smallest absolute Gasteiger partial charge is 0.191 e. The fourth-order valence-electron chi connectivity index (χ4n) is 3.73. The summed E-state index contributed by atoms with van der Waals surface area (Å²) in [5, 5.41) is 16.4. The lowest BCUT2D eigenvalue weighted by Gasteiger charge is -2.16. The topological polar surface area (TPSA) is 67.1 Å². The van der Waals surface area contributed by atoms with Crippen molar-refractivity contribution in [2.75, 3.05) is 19.3 Å². The van der Waals surface area contributed by atoms with Gasteiger partial charge in [-0.2, -0.15) is 0 Å². The first-order valence-electron chi connectivity index (χ1n) is 10.5. The van der Waals surface area contributed by atoms with Crippen LogP contribution in [-0.4, -0.2) is 40.1 Å². The molecule has 1 aromatic heterocycles. The molecule has 0 radical (unpaired) electrons. The van der Waals surface area contributed by atoms with Crippen LogP contribution in [0.15, 0.2) is 34.4 Å². The van der Waals surface area contributed by atoms with Crippen molar-refractivity contribution in [2.45, 2.75) is 63.2 Å². The molecule has 0 aliphatic heterocycles. The molecule has 1 fully saturated rings. The van der Waals surface area contributed by atoms with Crippen LogP contribution in [0.5, 0.6) is 0 Å². The second-order valence-electron chi connectivity index (χ2n) is 7.23. The molecule has 3 rings (SSSR count). The maximum atomic E-state index is 13.8. The Hall–Kier alpha value is -1.36. The normalized spacial score (nSPS) is 14.6. The zero-order valence-electron chi connectivity index (χ0n) is 17.7. The fourth-order valence-corrected chi connectivity index (χ4v) is 4.31. The van der Waals surface area contributed by atoms with Crippen molar-refractivity contribution in [1.82, 2.24) is 25.4 Å². The van der Waals surface area contributed by atoms with E-state index in [1.54, 1.807) is 23.9 Å². The average Bonchev–Trinajstić information content (AvgIpc) is 3.39. The Balaban J connectivity index is 0.00000320. The summed E-state index contributed by atoms with van der Waals surface area (Å²) in [5.74, 6) is 1.57. The number of rotatable bonds is 9. The highest BCUT2D eigenvalue weighted by Crippen LogP contribution is 2.33. The average molecular weight is 546 g/mol. The number of aromatic nitrogens is 3. The minimum atomic E-state index is -0.219. The minimum absolute atomic E-state index is 0. The molecule has 0 bridgehead atoms. The molecule has 0 unspecified atom stereocenters. The van der Waals surface area contributed by atoms with Crippen LogP contribution in [-0.2, 0) is 13.0 Å². The molecule has 2 aromatic rings. The summed E-state index contributed by atoms with van der Waals surface area (Å²) in [5.41, 5.74) is 0.596. The van der Waals surface area contributed by atoms with Crippen LogP contribution in [0.25, 0.3) is 0 Å². The van der Waals surface area contributed by atoms with Gasteiger partial charge in [-0.1, -0.05) is 42.8 Å². The molecule has 9 heteroatoms. The number of halogens is 2. The molecular weight excluding hydrogens is 514 g/mol. The maximum absolute atomic E-state index is 13.8. The first kappa shape index (κ1) is 24.9. The maximum Gasteiger partial charge on any atom is 0.191 e. The standard InChI is InChI=1S/C21H31FN6S.HI/c1-3-23-20(25-15-16-9-4-7-12-18(16)22)24-14-8-13-19-26-27-21(29-2)28(19)17-10-5-6-11-17;/h4,7,9,12,17H,3,5-6,8,10-11,13-15H2,1-2H3,(H2,23,24,25);1H. The number of hydrogen-bond donors (Lipinski definition) is 2. The molecule has 0 atom stereocenters. The summed E-state index contributed by atoms with van der Waals surface area (Å²) in [6, 6.07) is 7.31. The third-order valence-corrected chi connectivity index (χ3v) is 5.83. The van der Waals surface area contributed by atoms with Gasteiger partial charge in [-0.15, -0.1) is 34.2 Å². The van der Waals surface area contributed by atoms with Crippen molar-refractivity contribution in [3.8, 4) is 0 Å². The van der Waals surface area contributed by atoms with Crippen molar-refractivity contribution in [3.63, 3.8) is 0 Å². The Morgan fingerprint density at radius 2 is 2.00 bits per heavy atom. The van der Waals surface area contributed by atoms with E-state index in [1.807, 2.05) is 13.0 Å². The highest BCUT2D eigenvalue weighted by molar-refractivity contribution is 14.0. The first-order chi connectivity index (χ1) is 14.2. The number of thioether (sulfide) groups is 1. The van der Waals surface area contributed by atoms with Crippen molar-refractivity contribution in [2.24, 2.45) is 4.99 Å². The number of guanidine groups is 1. The Labute approximate surface area is 199 Å². The summed E-state index contributed by atoms with van der Waals surface area (Å²) in [6.45, 7) is 3.87. The van der Waals surface area contributed by atoms with Crippen LogP contribution < -0.4 is 10.6 Å². The summed E-state index contributed by atoms with van der Waals surface area (Å²) < 4.78 is 16.1. The van der Waals surface area contributed by atoms with Gasteiger partial charge in [-0.3, -0.25) is 0 Å². The SMILES string of the molecule is CCNC(=NCc1ccccc1F)NCCCc1nnc(SC)n1C1CCCC1.I. The Morgan fingerprint density at radius 1 is 1.23 bits per heavy atom. The molecule has 1 aliphatic rings. The number of aliphatic imine (C=N–C) groups is 1. The van der Waals surface area contributed by atoms with Crippen molar-refractivity contribution >= 4 is 41.7 Å². The predicted octanol–water partition coefficient (Wildman–Crippen LogP) is 4.56. The number of hydrogen-bond acceptors (Lipinski definition) is 4. The van der Waals surface area contributed by atoms with E-state index in [-0.39, 0.29) is 29.8 Å². The third-order valence-electron chi connectivity index (χ3n) is 5.19. The second-order valence-corrected chi connectivity index (χ2v) is 8.00. The van der Waals surface area contributed by atoms with E-state index in [1.165, 1.54) is 31.7 Å². The van der Waals surface area contributed by atoms with Crippen LogP contribution in [0.1, 0.15) is 56.5 Å². The van der Waals surface area contributed by atoms with Crippen LogP contribution in [0.4, 0.5) is 4.39 Å². The Morgan fingerprint density at radius 3 is 2.70 bits per heavy atom. The molecule has 0 saturated heterocycles. The monoisotopic (exact) mass is 546 g/mol. The summed E-state index contributed by atoms with van der Waals surface area (Å²) in [7, 11) is 0. The van der Waals surface area contributed by atoms with Gasteiger partial charge < -0.3 is 15.2 Å². The molecule has 1 aliphatic carbocycles. The quantitative estimate of drug-likeness (QED) is 0.159. The highest BCUT2D eigenvalue weighted by Gasteiger charge is 2.23. The fraction of sp³-hybridized carbons (Fsp3) is 0.571. The summed E-state index contributed by atoms with van der Waals surface area (Å²) >= 11 is 1.67. The van der Waals surface area contributed by atoms with Crippen molar-refractivity contribution < 1.29 is 4.39 Å². The van der Waals surface area contributed by atoms with E-state index in [2.05, 4.69) is 36.6 Å². The lowest BCUT2D eigenvalue weighted by atomic mass is 10.2. The van der Waals surface area contributed by atoms with E-state index < -0.39 is 0 Å². The molecule has 0 spiro atoms. The van der Waals surface area contributed by atoms with E-state index in [9.17, 15) is 4.39 Å². The van der Waals surface area contributed by atoms with Crippen molar-refractivity contribution in [3.05, 3.63) is 41.5 Å². The lowest BCUT2D eigenvalue weighted by Crippen LogP contribution is -2.38. The van der Waals surface area contributed by atoms with Gasteiger partial charge in [0.05, 0.1) is 6.54 Å². The Bertz CT molecular complexity index is 807. The van der Waals surface area contributed by atoms with E-state index in [0.29, 0.717) is 24.1 Å². The highest BCUT2D eigenvalue weighted by atomic mass is 127.